The van der Waals surface area contributed by atoms with Crippen LogP contribution in [0.15, 0.2) is 38.4 Å². The minimum absolute atomic E-state index is 0.0361. The molecule has 0 unspecified atom stereocenters. The number of nitrogens with zero attached hydrogens (tertiary/aromatic N) is 3. The van der Waals surface area contributed by atoms with Gasteiger partial charge >= 0.3 is 11.9 Å². The van der Waals surface area contributed by atoms with Crippen molar-refractivity contribution in [3.63, 3.8) is 0 Å². The van der Waals surface area contributed by atoms with Crippen LogP contribution >= 0.6 is 23.2 Å². The van der Waals surface area contributed by atoms with Crippen LogP contribution < -0.4 is 16.0 Å². The molecule has 0 bridgehead atoms. The third kappa shape index (κ3) is 4.18. The van der Waals surface area contributed by atoms with Crippen LogP contribution in [0.2, 0.25) is 10.0 Å². The highest BCUT2D eigenvalue weighted by molar-refractivity contribution is 6.36. The zero-order chi connectivity index (χ0) is 21.5. The van der Waals surface area contributed by atoms with Gasteiger partial charge in [0.1, 0.15) is 18.1 Å². The SMILES string of the molecule is Cc1cc(COc2cc(-n3c(=O)cc(C(F)(F)F)n(C)c3=O)c(Cl)cc2Cl)on1. The van der Waals surface area contributed by atoms with E-state index < -0.39 is 23.1 Å². The number of alkyl halides is 3. The zero-order valence-corrected chi connectivity index (χ0v) is 16.4. The summed E-state index contributed by atoms with van der Waals surface area (Å²) >= 11 is 12.2. The predicted molar refractivity (Wildman–Crippen MR) is 97.9 cm³/mol. The Morgan fingerprint density at radius 1 is 1.14 bits per heavy atom. The molecule has 12 heteroatoms. The Balaban J connectivity index is 2.08. The molecule has 1 aromatic carbocycles. The van der Waals surface area contributed by atoms with Gasteiger partial charge in [0.15, 0.2) is 5.76 Å². The number of hydrogen-bond donors (Lipinski definition) is 0. The van der Waals surface area contributed by atoms with E-state index in [1.54, 1.807) is 13.0 Å². The minimum atomic E-state index is -4.88. The van der Waals surface area contributed by atoms with Crippen molar-refractivity contribution in [3.05, 3.63) is 72.3 Å². The summed E-state index contributed by atoms with van der Waals surface area (Å²) in [7, 11) is 0.897. The fourth-order valence-electron chi connectivity index (χ4n) is 2.55. The summed E-state index contributed by atoms with van der Waals surface area (Å²) in [6.45, 7) is 1.65. The number of ether oxygens (including phenoxy) is 1. The molecular weight excluding hydrogens is 438 g/mol. The number of aryl methyl sites for hydroxylation is 1. The Bertz CT molecular complexity index is 1200. The number of hydrogen-bond acceptors (Lipinski definition) is 5. The van der Waals surface area contributed by atoms with Gasteiger partial charge in [-0.2, -0.15) is 13.2 Å². The first-order chi connectivity index (χ1) is 13.5. The zero-order valence-electron chi connectivity index (χ0n) is 14.9. The van der Waals surface area contributed by atoms with Crippen molar-refractivity contribution in [1.82, 2.24) is 14.3 Å². The molecule has 0 amide bonds. The Kier molecular flexibility index (Phi) is 5.50. The summed E-state index contributed by atoms with van der Waals surface area (Å²) in [6, 6.07) is 4.33. The molecule has 0 aliphatic carbocycles. The molecular formula is C17H12Cl2F3N3O4. The summed E-state index contributed by atoms with van der Waals surface area (Å²) in [5.41, 5.74) is -3.37. The van der Waals surface area contributed by atoms with Crippen LogP contribution in [0.1, 0.15) is 17.1 Å². The van der Waals surface area contributed by atoms with Crippen LogP contribution in [-0.4, -0.2) is 14.3 Å². The van der Waals surface area contributed by atoms with Gasteiger partial charge in [0.05, 0.1) is 21.4 Å². The summed E-state index contributed by atoms with van der Waals surface area (Å²) < 4.78 is 50.4. The molecule has 0 fully saturated rings. The minimum Gasteiger partial charge on any atom is -0.484 e. The van der Waals surface area contributed by atoms with Gasteiger partial charge in [0, 0.05) is 25.2 Å². The average Bonchev–Trinajstić information content (AvgIpc) is 3.03. The second kappa shape index (κ2) is 7.60. The van der Waals surface area contributed by atoms with E-state index in [0.29, 0.717) is 26.7 Å². The van der Waals surface area contributed by atoms with Gasteiger partial charge < -0.3 is 9.26 Å². The predicted octanol–water partition coefficient (Wildman–Crippen LogP) is 3.74. The fraction of sp³-hybridized carbons (Fsp3) is 0.235. The van der Waals surface area contributed by atoms with E-state index in [1.165, 1.54) is 12.1 Å². The number of rotatable bonds is 4. The second-order valence-electron chi connectivity index (χ2n) is 6.00. The molecule has 154 valence electrons. The van der Waals surface area contributed by atoms with Crippen molar-refractivity contribution in [3.8, 4) is 11.4 Å². The summed E-state index contributed by atoms with van der Waals surface area (Å²) in [4.78, 5) is 24.7. The third-order valence-electron chi connectivity index (χ3n) is 3.90. The Morgan fingerprint density at radius 3 is 2.41 bits per heavy atom. The van der Waals surface area contributed by atoms with Crippen LogP contribution in [0.3, 0.4) is 0 Å². The van der Waals surface area contributed by atoms with E-state index in [1.807, 2.05) is 0 Å². The smallest absolute Gasteiger partial charge is 0.431 e. The normalized spacial score (nSPS) is 11.7. The molecule has 0 saturated heterocycles. The van der Waals surface area contributed by atoms with Gasteiger partial charge in [-0.3, -0.25) is 9.36 Å². The lowest BCUT2D eigenvalue weighted by Gasteiger charge is -2.16. The van der Waals surface area contributed by atoms with E-state index >= 15 is 0 Å². The summed E-state index contributed by atoms with van der Waals surface area (Å²) in [5.74, 6) is 0.423. The topological polar surface area (TPSA) is 79.3 Å². The van der Waals surface area contributed by atoms with Crippen LogP contribution in [0, 0.1) is 6.92 Å². The highest BCUT2D eigenvalue weighted by Gasteiger charge is 2.35. The van der Waals surface area contributed by atoms with Gasteiger partial charge in [-0.15, -0.1) is 0 Å². The highest BCUT2D eigenvalue weighted by Crippen LogP contribution is 2.33. The molecule has 0 aliphatic rings. The molecule has 0 spiro atoms. The number of aromatic nitrogens is 3. The van der Waals surface area contributed by atoms with E-state index in [-0.39, 0.29) is 28.1 Å². The van der Waals surface area contributed by atoms with Crippen molar-refractivity contribution >= 4 is 23.2 Å². The fourth-order valence-corrected chi connectivity index (χ4v) is 3.08. The first-order valence-corrected chi connectivity index (χ1v) is 8.69. The summed E-state index contributed by atoms with van der Waals surface area (Å²) in [5, 5.41) is 3.63. The molecule has 0 saturated carbocycles. The lowest BCUT2D eigenvalue weighted by molar-refractivity contribution is -0.144. The molecule has 0 aliphatic heterocycles. The van der Waals surface area contributed by atoms with Gasteiger partial charge in [-0.25, -0.2) is 9.36 Å². The lowest BCUT2D eigenvalue weighted by Crippen LogP contribution is -2.40. The van der Waals surface area contributed by atoms with Crippen LogP contribution in [0.25, 0.3) is 5.69 Å². The molecule has 3 rings (SSSR count). The van der Waals surface area contributed by atoms with E-state index in [4.69, 9.17) is 32.5 Å². The van der Waals surface area contributed by atoms with Crippen molar-refractivity contribution in [2.45, 2.75) is 19.7 Å². The average molecular weight is 450 g/mol. The van der Waals surface area contributed by atoms with Gasteiger partial charge in [-0.05, 0) is 13.0 Å². The largest absolute Gasteiger partial charge is 0.484 e. The molecule has 0 radical (unpaired) electrons. The summed E-state index contributed by atoms with van der Waals surface area (Å²) in [6.07, 6.45) is -4.88. The van der Waals surface area contributed by atoms with Crippen molar-refractivity contribution in [2.75, 3.05) is 0 Å². The van der Waals surface area contributed by atoms with Crippen LogP contribution in [0.5, 0.6) is 5.75 Å². The first kappa shape index (κ1) is 21.0. The molecule has 2 heterocycles. The molecule has 0 N–H and O–H groups in total. The molecule has 3 aromatic rings. The number of benzene rings is 1. The third-order valence-corrected chi connectivity index (χ3v) is 4.50. The number of halogens is 5. The molecule has 0 atom stereocenters. The van der Waals surface area contributed by atoms with Crippen molar-refractivity contribution < 1.29 is 22.4 Å². The molecule has 2 aromatic heterocycles. The maximum absolute atomic E-state index is 13.0. The quantitative estimate of drug-likeness (QED) is 0.606. The van der Waals surface area contributed by atoms with Crippen molar-refractivity contribution in [2.24, 2.45) is 7.05 Å². The van der Waals surface area contributed by atoms with Gasteiger partial charge in [0.25, 0.3) is 5.56 Å². The molecule has 7 nitrogen and oxygen atoms in total. The maximum Gasteiger partial charge on any atom is 0.431 e. The van der Waals surface area contributed by atoms with Gasteiger partial charge in [0.2, 0.25) is 0 Å². The van der Waals surface area contributed by atoms with Crippen LogP contribution in [0.4, 0.5) is 13.2 Å². The lowest BCUT2D eigenvalue weighted by atomic mass is 10.2. The highest BCUT2D eigenvalue weighted by atomic mass is 35.5. The molecule has 29 heavy (non-hydrogen) atoms. The Hall–Kier alpha value is -2.72. The first-order valence-electron chi connectivity index (χ1n) is 7.93. The van der Waals surface area contributed by atoms with E-state index in [9.17, 15) is 22.8 Å². The van der Waals surface area contributed by atoms with E-state index in [0.717, 1.165) is 7.05 Å². The van der Waals surface area contributed by atoms with Crippen molar-refractivity contribution in [1.29, 1.82) is 0 Å². The van der Waals surface area contributed by atoms with Crippen LogP contribution in [-0.2, 0) is 19.8 Å². The second-order valence-corrected chi connectivity index (χ2v) is 6.81. The monoisotopic (exact) mass is 449 g/mol. The Labute approximate surface area is 170 Å². The maximum atomic E-state index is 13.0. The van der Waals surface area contributed by atoms with Gasteiger partial charge in [-0.1, -0.05) is 28.4 Å². The standard InChI is InChI=1S/C17H12Cl2F3N3O4/c1-8-3-9(29-23-8)7-28-13-5-12(10(18)4-11(13)19)25-15(26)6-14(17(20,21)22)24(2)16(25)27/h3-6H,7H2,1-2H3. The van der Waals surface area contributed by atoms with E-state index in [2.05, 4.69) is 5.16 Å². The Morgan fingerprint density at radius 2 is 1.83 bits per heavy atom.